The molecule has 0 amide bonds. The molecule has 0 saturated heterocycles. The fourth-order valence-electron chi connectivity index (χ4n) is 1.28. The van der Waals surface area contributed by atoms with Crippen molar-refractivity contribution in [3.8, 4) is 6.01 Å². The topological polar surface area (TPSA) is 35.0 Å². The van der Waals surface area contributed by atoms with Crippen LogP contribution in [0.25, 0.3) is 0 Å². The molecule has 5 heteroatoms. The van der Waals surface area contributed by atoms with Crippen LogP contribution in [0.3, 0.4) is 0 Å². The van der Waals surface area contributed by atoms with Gasteiger partial charge in [-0.15, -0.1) is 0 Å². The van der Waals surface area contributed by atoms with E-state index in [1.807, 2.05) is 6.92 Å². The Kier molecular flexibility index (Phi) is 2.09. The Labute approximate surface area is 80.1 Å². The maximum absolute atomic E-state index is 12.4. The minimum atomic E-state index is -2.56. The van der Waals surface area contributed by atoms with Crippen LogP contribution in [0, 0.1) is 6.92 Å². The number of alkyl halides is 2. The third-order valence-electron chi connectivity index (χ3n) is 2.08. The van der Waals surface area contributed by atoms with Crippen LogP contribution in [0.4, 0.5) is 8.78 Å². The molecular weight excluding hydrogens is 190 g/mol. The zero-order valence-electron chi connectivity index (χ0n) is 7.70. The summed E-state index contributed by atoms with van der Waals surface area (Å²) < 4.78 is 30.0. The number of aryl methyl sites for hydroxylation is 1. The van der Waals surface area contributed by atoms with E-state index in [9.17, 15) is 8.78 Å². The number of halogens is 2. The standard InChI is InChI=1S/C9H10F2N2O/c1-6-4-12-8(13-5-6)14-7-2-9(10,11)3-7/h4-5,7H,2-3H2,1H3. The third-order valence-corrected chi connectivity index (χ3v) is 2.08. The summed E-state index contributed by atoms with van der Waals surface area (Å²) in [4.78, 5) is 7.74. The van der Waals surface area contributed by atoms with Gasteiger partial charge in [0.15, 0.2) is 0 Å². The van der Waals surface area contributed by atoms with Crippen molar-refractivity contribution >= 4 is 0 Å². The molecule has 1 aliphatic rings. The second-order valence-electron chi connectivity index (χ2n) is 3.55. The lowest BCUT2D eigenvalue weighted by atomic mass is 9.91. The van der Waals surface area contributed by atoms with E-state index in [1.165, 1.54) is 0 Å². The normalized spacial score (nSPS) is 20.2. The Morgan fingerprint density at radius 3 is 2.43 bits per heavy atom. The van der Waals surface area contributed by atoms with Crippen molar-refractivity contribution < 1.29 is 13.5 Å². The van der Waals surface area contributed by atoms with Crippen molar-refractivity contribution in [3.63, 3.8) is 0 Å². The van der Waals surface area contributed by atoms with Gasteiger partial charge < -0.3 is 4.74 Å². The summed E-state index contributed by atoms with van der Waals surface area (Å²) in [5.41, 5.74) is 0.913. The first-order valence-corrected chi connectivity index (χ1v) is 4.38. The molecular formula is C9H10F2N2O. The lowest BCUT2D eigenvalue weighted by molar-refractivity contribution is -0.136. The van der Waals surface area contributed by atoms with Crippen molar-refractivity contribution in [1.29, 1.82) is 0 Å². The highest BCUT2D eigenvalue weighted by Crippen LogP contribution is 2.39. The molecule has 1 aliphatic carbocycles. The number of aromatic nitrogens is 2. The van der Waals surface area contributed by atoms with Gasteiger partial charge in [0.2, 0.25) is 0 Å². The quantitative estimate of drug-likeness (QED) is 0.732. The van der Waals surface area contributed by atoms with Gasteiger partial charge in [-0.25, -0.2) is 18.7 Å². The number of ether oxygens (including phenoxy) is 1. The van der Waals surface area contributed by atoms with E-state index >= 15 is 0 Å². The molecule has 1 aromatic rings. The van der Waals surface area contributed by atoms with Crippen LogP contribution >= 0.6 is 0 Å². The van der Waals surface area contributed by atoms with Crippen molar-refractivity contribution in [2.24, 2.45) is 0 Å². The van der Waals surface area contributed by atoms with Gasteiger partial charge in [-0.2, -0.15) is 0 Å². The highest BCUT2D eigenvalue weighted by atomic mass is 19.3. The first kappa shape index (κ1) is 9.30. The average molecular weight is 200 g/mol. The van der Waals surface area contributed by atoms with E-state index in [4.69, 9.17) is 4.74 Å². The monoisotopic (exact) mass is 200 g/mol. The minimum absolute atomic E-state index is 0.177. The maximum atomic E-state index is 12.4. The first-order valence-electron chi connectivity index (χ1n) is 4.38. The molecule has 1 saturated carbocycles. The molecule has 1 aromatic heterocycles. The second kappa shape index (κ2) is 3.15. The number of hydrogen-bond acceptors (Lipinski definition) is 3. The van der Waals surface area contributed by atoms with Crippen LogP contribution in [0.2, 0.25) is 0 Å². The molecule has 0 atom stereocenters. The van der Waals surface area contributed by atoms with Gasteiger partial charge in [0.05, 0.1) is 0 Å². The summed E-state index contributed by atoms with van der Waals surface area (Å²) >= 11 is 0. The Bertz CT molecular complexity index is 318. The predicted octanol–water partition coefficient (Wildman–Crippen LogP) is 1.96. The number of hydrogen-bond donors (Lipinski definition) is 0. The van der Waals surface area contributed by atoms with E-state index in [2.05, 4.69) is 9.97 Å². The molecule has 14 heavy (non-hydrogen) atoms. The van der Waals surface area contributed by atoms with Crippen molar-refractivity contribution in [3.05, 3.63) is 18.0 Å². The number of nitrogens with zero attached hydrogens (tertiary/aromatic N) is 2. The summed E-state index contributed by atoms with van der Waals surface area (Å²) in [7, 11) is 0. The SMILES string of the molecule is Cc1cnc(OC2CC(F)(F)C2)nc1. The molecule has 76 valence electrons. The fraction of sp³-hybridized carbons (Fsp3) is 0.556. The maximum Gasteiger partial charge on any atom is 0.316 e. The van der Waals surface area contributed by atoms with Gasteiger partial charge in [0.25, 0.3) is 5.92 Å². The largest absolute Gasteiger partial charge is 0.460 e. The molecule has 0 radical (unpaired) electrons. The summed E-state index contributed by atoms with van der Waals surface area (Å²) in [5, 5.41) is 0. The molecule has 0 aliphatic heterocycles. The molecule has 0 bridgehead atoms. The highest BCUT2D eigenvalue weighted by Gasteiger charge is 2.47. The van der Waals surface area contributed by atoms with E-state index in [0.717, 1.165) is 5.56 Å². The predicted molar refractivity (Wildman–Crippen MR) is 45.4 cm³/mol. The Morgan fingerprint density at radius 2 is 1.93 bits per heavy atom. The van der Waals surface area contributed by atoms with Gasteiger partial charge in [-0.05, 0) is 12.5 Å². The zero-order chi connectivity index (χ0) is 10.2. The lowest BCUT2D eigenvalue weighted by Crippen LogP contribution is -2.43. The zero-order valence-corrected chi connectivity index (χ0v) is 7.70. The van der Waals surface area contributed by atoms with Crippen LogP contribution in [-0.4, -0.2) is 22.0 Å². The van der Waals surface area contributed by atoms with Crippen LogP contribution in [0.15, 0.2) is 12.4 Å². The molecule has 1 heterocycles. The highest BCUT2D eigenvalue weighted by molar-refractivity contribution is 5.05. The molecule has 0 unspecified atom stereocenters. The summed E-state index contributed by atoms with van der Waals surface area (Å²) in [5.74, 6) is -2.56. The van der Waals surface area contributed by atoms with Crippen LogP contribution in [0.5, 0.6) is 6.01 Å². The van der Waals surface area contributed by atoms with Crippen LogP contribution < -0.4 is 4.74 Å². The molecule has 1 fully saturated rings. The van der Waals surface area contributed by atoms with Gasteiger partial charge in [-0.3, -0.25) is 0 Å². The molecule has 3 nitrogen and oxygen atoms in total. The van der Waals surface area contributed by atoms with E-state index in [-0.39, 0.29) is 18.9 Å². The van der Waals surface area contributed by atoms with E-state index in [1.54, 1.807) is 12.4 Å². The molecule has 2 rings (SSSR count). The van der Waals surface area contributed by atoms with Gasteiger partial charge in [0.1, 0.15) is 6.10 Å². The second-order valence-corrected chi connectivity index (χ2v) is 3.55. The minimum Gasteiger partial charge on any atom is -0.460 e. The van der Waals surface area contributed by atoms with Crippen LogP contribution in [-0.2, 0) is 0 Å². The summed E-state index contributed by atoms with van der Waals surface area (Å²) in [6.45, 7) is 1.85. The Hall–Kier alpha value is -1.26. The molecule has 0 aromatic carbocycles. The molecule has 0 spiro atoms. The van der Waals surface area contributed by atoms with E-state index < -0.39 is 12.0 Å². The fourth-order valence-corrected chi connectivity index (χ4v) is 1.28. The van der Waals surface area contributed by atoms with Gasteiger partial charge in [-0.1, -0.05) is 0 Å². The number of rotatable bonds is 2. The van der Waals surface area contributed by atoms with Crippen LogP contribution in [0.1, 0.15) is 18.4 Å². The first-order chi connectivity index (χ1) is 6.55. The Balaban J connectivity index is 1.90. The van der Waals surface area contributed by atoms with Crippen molar-refractivity contribution in [2.45, 2.75) is 31.8 Å². The Morgan fingerprint density at radius 1 is 1.36 bits per heavy atom. The van der Waals surface area contributed by atoms with Crippen molar-refractivity contribution in [2.75, 3.05) is 0 Å². The summed E-state index contributed by atoms with van der Waals surface area (Å²) in [6, 6.07) is 0.177. The third kappa shape index (κ3) is 1.97. The smallest absolute Gasteiger partial charge is 0.316 e. The molecule has 0 N–H and O–H groups in total. The van der Waals surface area contributed by atoms with E-state index in [0.29, 0.717) is 0 Å². The van der Waals surface area contributed by atoms with Gasteiger partial charge in [0, 0.05) is 25.2 Å². The average Bonchev–Trinajstić information content (AvgIpc) is 2.06. The van der Waals surface area contributed by atoms with Crippen molar-refractivity contribution in [1.82, 2.24) is 9.97 Å². The van der Waals surface area contributed by atoms with Gasteiger partial charge >= 0.3 is 6.01 Å². The summed E-state index contributed by atoms with van der Waals surface area (Å²) in [6.07, 6.45) is 2.29. The lowest BCUT2D eigenvalue weighted by Gasteiger charge is -2.33.